The highest BCUT2D eigenvalue weighted by Crippen LogP contribution is 2.24. The number of thiophene rings is 1. The Morgan fingerprint density at radius 3 is 2.55 bits per heavy atom. The third-order valence-corrected chi connectivity index (χ3v) is 5.09. The average Bonchev–Trinajstić information content (AvgIpc) is 3.23. The summed E-state index contributed by atoms with van der Waals surface area (Å²) in [6, 6.07) is 15.1. The van der Waals surface area contributed by atoms with Gasteiger partial charge in [-0.3, -0.25) is 4.79 Å². The van der Waals surface area contributed by atoms with Gasteiger partial charge in [-0.05, 0) is 66.3 Å². The Kier molecular flexibility index (Phi) is 6.57. The highest BCUT2D eigenvalue weighted by Gasteiger charge is 2.17. The fourth-order valence-electron chi connectivity index (χ4n) is 2.65. The third-order valence-electron chi connectivity index (χ3n) is 4.19. The van der Waals surface area contributed by atoms with Gasteiger partial charge in [-0.1, -0.05) is 30.3 Å². The SMILES string of the molecule is Cc1ccc(C)c(NC(=O)COC(=O)C(=Cc2ccc(F)cc2)c2cccs2)c1. The van der Waals surface area contributed by atoms with Gasteiger partial charge in [0.1, 0.15) is 5.82 Å². The predicted molar refractivity (Wildman–Crippen MR) is 114 cm³/mol. The smallest absolute Gasteiger partial charge is 0.340 e. The Hall–Kier alpha value is -3.25. The number of hydrogen-bond donors (Lipinski definition) is 1. The number of ether oxygens (including phenoxy) is 1. The Bertz CT molecular complexity index is 1040. The molecule has 0 aliphatic carbocycles. The molecule has 0 aliphatic heterocycles. The predicted octanol–water partition coefficient (Wildman–Crippen LogP) is 5.23. The van der Waals surface area contributed by atoms with Crippen LogP contribution in [0, 0.1) is 19.7 Å². The first-order chi connectivity index (χ1) is 13.9. The molecule has 0 radical (unpaired) electrons. The highest BCUT2D eigenvalue weighted by molar-refractivity contribution is 7.11. The number of rotatable bonds is 6. The van der Waals surface area contributed by atoms with Gasteiger partial charge in [0, 0.05) is 10.6 Å². The van der Waals surface area contributed by atoms with Crippen molar-refractivity contribution in [2.24, 2.45) is 0 Å². The quantitative estimate of drug-likeness (QED) is 0.448. The van der Waals surface area contributed by atoms with Gasteiger partial charge >= 0.3 is 5.97 Å². The van der Waals surface area contributed by atoms with E-state index in [4.69, 9.17) is 4.74 Å². The summed E-state index contributed by atoms with van der Waals surface area (Å²) in [4.78, 5) is 25.6. The van der Waals surface area contributed by atoms with Crippen molar-refractivity contribution >= 4 is 40.5 Å². The largest absolute Gasteiger partial charge is 0.452 e. The zero-order chi connectivity index (χ0) is 20.8. The van der Waals surface area contributed by atoms with E-state index in [1.165, 1.54) is 23.5 Å². The molecule has 2 aromatic carbocycles. The van der Waals surface area contributed by atoms with Crippen LogP contribution in [0.25, 0.3) is 11.6 Å². The lowest BCUT2D eigenvalue weighted by molar-refractivity contribution is -0.141. The van der Waals surface area contributed by atoms with Crippen molar-refractivity contribution in [3.63, 3.8) is 0 Å². The van der Waals surface area contributed by atoms with E-state index in [0.717, 1.165) is 11.1 Å². The maximum atomic E-state index is 13.1. The molecule has 3 rings (SSSR count). The molecule has 1 amide bonds. The minimum Gasteiger partial charge on any atom is -0.452 e. The molecule has 1 heterocycles. The van der Waals surface area contributed by atoms with E-state index in [2.05, 4.69) is 5.32 Å². The van der Waals surface area contributed by atoms with E-state index in [1.54, 1.807) is 24.3 Å². The Balaban J connectivity index is 1.71. The summed E-state index contributed by atoms with van der Waals surface area (Å²) in [5.74, 6) is -1.39. The molecule has 0 bridgehead atoms. The molecule has 0 fully saturated rings. The molecule has 0 atom stereocenters. The van der Waals surface area contributed by atoms with Gasteiger partial charge in [-0.2, -0.15) is 0 Å². The summed E-state index contributed by atoms with van der Waals surface area (Å²) in [7, 11) is 0. The van der Waals surface area contributed by atoms with Crippen LogP contribution in [0.5, 0.6) is 0 Å². The standard InChI is InChI=1S/C23H20FNO3S/c1-15-5-6-16(2)20(12-15)25-22(26)14-28-23(27)19(21-4-3-11-29-21)13-17-7-9-18(24)10-8-17/h3-13H,14H2,1-2H3,(H,25,26). The number of aryl methyl sites for hydroxylation is 2. The van der Waals surface area contributed by atoms with E-state index in [0.29, 0.717) is 21.7 Å². The summed E-state index contributed by atoms with van der Waals surface area (Å²) in [6.45, 7) is 3.42. The monoisotopic (exact) mass is 409 g/mol. The van der Waals surface area contributed by atoms with Gasteiger partial charge in [0.2, 0.25) is 0 Å². The maximum absolute atomic E-state index is 13.1. The minimum atomic E-state index is -0.618. The van der Waals surface area contributed by atoms with Crippen LogP contribution in [0.2, 0.25) is 0 Å². The number of nitrogens with one attached hydrogen (secondary N) is 1. The topological polar surface area (TPSA) is 55.4 Å². The van der Waals surface area contributed by atoms with Crippen LogP contribution in [0.15, 0.2) is 60.0 Å². The molecule has 0 saturated heterocycles. The number of carbonyl (C=O) groups is 2. The second-order valence-corrected chi connectivity index (χ2v) is 7.48. The van der Waals surface area contributed by atoms with E-state index in [1.807, 2.05) is 43.5 Å². The van der Waals surface area contributed by atoms with Crippen molar-refractivity contribution in [1.82, 2.24) is 0 Å². The van der Waals surface area contributed by atoms with Crippen LogP contribution < -0.4 is 5.32 Å². The van der Waals surface area contributed by atoms with Crippen LogP contribution in [0.3, 0.4) is 0 Å². The number of benzene rings is 2. The highest BCUT2D eigenvalue weighted by atomic mass is 32.1. The first-order valence-electron chi connectivity index (χ1n) is 8.98. The van der Waals surface area contributed by atoms with Crippen molar-refractivity contribution in [3.8, 4) is 0 Å². The van der Waals surface area contributed by atoms with E-state index in [9.17, 15) is 14.0 Å². The lowest BCUT2D eigenvalue weighted by Gasteiger charge is -2.11. The van der Waals surface area contributed by atoms with Crippen LogP contribution in [-0.2, 0) is 14.3 Å². The number of carbonyl (C=O) groups excluding carboxylic acids is 2. The van der Waals surface area contributed by atoms with Gasteiger partial charge < -0.3 is 10.1 Å². The molecular formula is C23H20FNO3S. The molecule has 0 aliphatic rings. The van der Waals surface area contributed by atoms with Crippen molar-refractivity contribution < 1.29 is 18.7 Å². The Morgan fingerprint density at radius 2 is 1.86 bits per heavy atom. The molecule has 148 valence electrons. The Morgan fingerprint density at radius 1 is 1.10 bits per heavy atom. The molecule has 1 N–H and O–H groups in total. The second kappa shape index (κ2) is 9.30. The summed E-state index contributed by atoms with van der Waals surface area (Å²) in [5, 5.41) is 4.60. The molecular weight excluding hydrogens is 389 g/mol. The van der Waals surface area contributed by atoms with E-state index in [-0.39, 0.29) is 5.82 Å². The molecule has 0 unspecified atom stereocenters. The summed E-state index contributed by atoms with van der Waals surface area (Å²) >= 11 is 1.38. The number of esters is 1. The average molecular weight is 409 g/mol. The van der Waals surface area contributed by atoms with Gasteiger partial charge in [-0.15, -0.1) is 11.3 Å². The maximum Gasteiger partial charge on any atom is 0.340 e. The summed E-state index contributed by atoms with van der Waals surface area (Å²) in [6.07, 6.45) is 1.62. The molecule has 1 aromatic heterocycles. The molecule has 6 heteroatoms. The van der Waals surface area contributed by atoms with Gasteiger partial charge in [-0.25, -0.2) is 9.18 Å². The third kappa shape index (κ3) is 5.62. The first kappa shape index (κ1) is 20.5. The van der Waals surface area contributed by atoms with Gasteiger partial charge in [0.25, 0.3) is 5.91 Å². The number of anilines is 1. The van der Waals surface area contributed by atoms with Crippen LogP contribution in [-0.4, -0.2) is 18.5 Å². The second-order valence-electron chi connectivity index (χ2n) is 6.53. The van der Waals surface area contributed by atoms with Crippen molar-refractivity contribution in [2.45, 2.75) is 13.8 Å². The minimum absolute atomic E-state index is 0.311. The number of hydrogen-bond acceptors (Lipinski definition) is 4. The van der Waals surface area contributed by atoms with E-state index < -0.39 is 18.5 Å². The number of halogens is 1. The molecule has 29 heavy (non-hydrogen) atoms. The van der Waals surface area contributed by atoms with Crippen LogP contribution in [0.4, 0.5) is 10.1 Å². The fraction of sp³-hybridized carbons (Fsp3) is 0.130. The molecule has 0 spiro atoms. The molecule has 4 nitrogen and oxygen atoms in total. The van der Waals surface area contributed by atoms with Crippen molar-refractivity contribution in [1.29, 1.82) is 0 Å². The normalized spacial score (nSPS) is 11.2. The summed E-state index contributed by atoms with van der Waals surface area (Å²) in [5.41, 5.74) is 3.60. The van der Waals surface area contributed by atoms with Crippen LogP contribution >= 0.6 is 11.3 Å². The van der Waals surface area contributed by atoms with Crippen molar-refractivity contribution in [2.75, 3.05) is 11.9 Å². The zero-order valence-electron chi connectivity index (χ0n) is 16.1. The van der Waals surface area contributed by atoms with Crippen molar-refractivity contribution in [3.05, 3.63) is 87.4 Å². The summed E-state index contributed by atoms with van der Waals surface area (Å²) < 4.78 is 18.4. The lowest BCUT2D eigenvalue weighted by Crippen LogP contribution is -2.21. The van der Waals surface area contributed by atoms with Gasteiger partial charge in [0.15, 0.2) is 6.61 Å². The zero-order valence-corrected chi connectivity index (χ0v) is 16.9. The molecule has 3 aromatic rings. The Labute approximate surface area is 172 Å². The first-order valence-corrected chi connectivity index (χ1v) is 9.86. The lowest BCUT2D eigenvalue weighted by atomic mass is 10.1. The number of amides is 1. The van der Waals surface area contributed by atoms with Gasteiger partial charge in [0.05, 0.1) is 5.57 Å². The van der Waals surface area contributed by atoms with Crippen LogP contribution in [0.1, 0.15) is 21.6 Å². The fourth-order valence-corrected chi connectivity index (χ4v) is 3.38. The van der Waals surface area contributed by atoms with E-state index >= 15 is 0 Å². The molecule has 0 saturated carbocycles.